The highest BCUT2D eigenvalue weighted by atomic mass is 14.9. The van der Waals surface area contributed by atoms with E-state index in [9.17, 15) is 0 Å². The summed E-state index contributed by atoms with van der Waals surface area (Å²) < 4.78 is 0. The van der Waals surface area contributed by atoms with E-state index in [1.54, 1.807) is 0 Å². The fraction of sp³-hybridized carbons (Fsp3) is 0.533. The molecule has 1 N–H and O–H groups in total. The Hall–Kier alpha value is -1.15. The van der Waals surface area contributed by atoms with Gasteiger partial charge in [0, 0.05) is 18.4 Å². The predicted molar refractivity (Wildman–Crippen MR) is 74.1 cm³/mol. The molecule has 0 saturated carbocycles. The van der Waals surface area contributed by atoms with E-state index in [0.717, 1.165) is 25.8 Å². The molecular formula is C15H24N2. The molecule has 94 valence electrons. The Bertz CT molecular complexity index is 358. The highest BCUT2D eigenvalue weighted by Crippen LogP contribution is 2.22. The van der Waals surface area contributed by atoms with Crippen LogP contribution in [-0.2, 0) is 0 Å². The third-order valence-electron chi connectivity index (χ3n) is 2.96. The first-order chi connectivity index (χ1) is 8.15. The Morgan fingerprint density at radius 3 is 2.88 bits per heavy atom. The van der Waals surface area contributed by atoms with Gasteiger partial charge in [-0.05, 0) is 56.8 Å². The van der Waals surface area contributed by atoms with Gasteiger partial charge < -0.3 is 5.32 Å². The van der Waals surface area contributed by atoms with Gasteiger partial charge in [-0.2, -0.15) is 0 Å². The number of nitrogens with zero attached hydrogens (tertiary/aromatic N) is 1. The molecule has 17 heavy (non-hydrogen) atoms. The molecule has 0 saturated heterocycles. The Morgan fingerprint density at radius 1 is 1.53 bits per heavy atom. The first-order valence-corrected chi connectivity index (χ1v) is 6.43. The standard InChI is InChI=1S/C15H24N2/c1-5-9-17-15(7-6-12(2)3)14-11-16-10-8-13(14)4/h8,10-11,15,17H,2,5-7,9H2,1,3-4H3. The average molecular weight is 232 g/mol. The number of hydrogen-bond donors (Lipinski definition) is 1. The van der Waals surface area contributed by atoms with Crippen molar-refractivity contribution in [3.05, 3.63) is 41.7 Å². The van der Waals surface area contributed by atoms with Crippen LogP contribution in [-0.4, -0.2) is 11.5 Å². The molecule has 2 heteroatoms. The Balaban J connectivity index is 2.74. The van der Waals surface area contributed by atoms with Crippen molar-refractivity contribution in [2.75, 3.05) is 6.54 Å². The van der Waals surface area contributed by atoms with Crippen LogP contribution in [0.1, 0.15) is 50.3 Å². The van der Waals surface area contributed by atoms with Gasteiger partial charge >= 0.3 is 0 Å². The van der Waals surface area contributed by atoms with Crippen molar-refractivity contribution < 1.29 is 0 Å². The quantitative estimate of drug-likeness (QED) is 0.724. The summed E-state index contributed by atoms with van der Waals surface area (Å²) in [6.45, 7) is 11.5. The SMILES string of the molecule is C=C(C)CCC(NCCC)c1cnccc1C. The summed E-state index contributed by atoms with van der Waals surface area (Å²) in [4.78, 5) is 4.24. The Morgan fingerprint density at radius 2 is 2.29 bits per heavy atom. The van der Waals surface area contributed by atoms with Gasteiger partial charge in [-0.3, -0.25) is 4.98 Å². The maximum absolute atomic E-state index is 4.24. The van der Waals surface area contributed by atoms with Gasteiger partial charge in [-0.15, -0.1) is 6.58 Å². The van der Waals surface area contributed by atoms with Crippen LogP contribution in [0.4, 0.5) is 0 Å². The van der Waals surface area contributed by atoms with E-state index in [4.69, 9.17) is 0 Å². The molecular weight excluding hydrogens is 208 g/mol. The molecule has 0 fully saturated rings. The first-order valence-electron chi connectivity index (χ1n) is 6.43. The van der Waals surface area contributed by atoms with E-state index in [1.807, 2.05) is 12.4 Å². The van der Waals surface area contributed by atoms with E-state index in [-0.39, 0.29) is 0 Å². The van der Waals surface area contributed by atoms with Crippen molar-refractivity contribution in [3.8, 4) is 0 Å². The predicted octanol–water partition coefficient (Wildman–Crippen LogP) is 3.79. The number of rotatable bonds is 7. The zero-order chi connectivity index (χ0) is 12.7. The molecule has 0 spiro atoms. The molecule has 0 aliphatic rings. The maximum Gasteiger partial charge on any atom is 0.0341 e. The highest BCUT2D eigenvalue weighted by Gasteiger charge is 2.12. The van der Waals surface area contributed by atoms with Crippen LogP contribution >= 0.6 is 0 Å². The number of aryl methyl sites for hydroxylation is 1. The van der Waals surface area contributed by atoms with Crippen LogP contribution in [0.15, 0.2) is 30.6 Å². The lowest BCUT2D eigenvalue weighted by Gasteiger charge is -2.20. The van der Waals surface area contributed by atoms with Crippen LogP contribution in [0.5, 0.6) is 0 Å². The van der Waals surface area contributed by atoms with Crippen molar-refractivity contribution >= 4 is 0 Å². The third kappa shape index (κ3) is 4.70. The van der Waals surface area contributed by atoms with E-state index >= 15 is 0 Å². The second-order valence-corrected chi connectivity index (χ2v) is 4.73. The zero-order valence-electron chi connectivity index (χ0n) is 11.3. The van der Waals surface area contributed by atoms with Gasteiger partial charge in [-0.1, -0.05) is 12.5 Å². The Kier molecular flexibility index (Phi) is 5.92. The minimum absolute atomic E-state index is 0.403. The molecule has 0 aliphatic heterocycles. The second kappa shape index (κ2) is 7.23. The van der Waals surface area contributed by atoms with E-state index in [1.165, 1.54) is 16.7 Å². The van der Waals surface area contributed by atoms with Crippen LogP contribution in [0, 0.1) is 6.92 Å². The average Bonchev–Trinajstić information content (AvgIpc) is 2.30. The molecule has 1 atom stereocenters. The number of aromatic nitrogens is 1. The zero-order valence-corrected chi connectivity index (χ0v) is 11.3. The molecule has 1 aromatic heterocycles. The minimum Gasteiger partial charge on any atom is -0.310 e. The third-order valence-corrected chi connectivity index (χ3v) is 2.96. The van der Waals surface area contributed by atoms with Crippen molar-refractivity contribution in [3.63, 3.8) is 0 Å². The smallest absolute Gasteiger partial charge is 0.0341 e. The second-order valence-electron chi connectivity index (χ2n) is 4.73. The van der Waals surface area contributed by atoms with Gasteiger partial charge in [0.1, 0.15) is 0 Å². The van der Waals surface area contributed by atoms with Crippen LogP contribution in [0.25, 0.3) is 0 Å². The number of hydrogen-bond acceptors (Lipinski definition) is 2. The van der Waals surface area contributed by atoms with Crippen molar-refractivity contribution in [1.29, 1.82) is 0 Å². The number of nitrogens with one attached hydrogen (secondary N) is 1. The molecule has 1 unspecified atom stereocenters. The number of allylic oxidation sites excluding steroid dienone is 1. The van der Waals surface area contributed by atoms with E-state index < -0.39 is 0 Å². The summed E-state index contributed by atoms with van der Waals surface area (Å²) >= 11 is 0. The van der Waals surface area contributed by atoms with Crippen LogP contribution in [0.3, 0.4) is 0 Å². The first kappa shape index (κ1) is 13.9. The number of pyridine rings is 1. The molecule has 2 nitrogen and oxygen atoms in total. The molecule has 0 amide bonds. The van der Waals surface area contributed by atoms with Gasteiger partial charge in [-0.25, -0.2) is 0 Å². The fourth-order valence-electron chi connectivity index (χ4n) is 1.92. The summed E-state index contributed by atoms with van der Waals surface area (Å²) in [5.41, 5.74) is 3.88. The lowest BCUT2D eigenvalue weighted by atomic mass is 9.98. The fourth-order valence-corrected chi connectivity index (χ4v) is 1.92. The monoisotopic (exact) mass is 232 g/mol. The lowest BCUT2D eigenvalue weighted by Crippen LogP contribution is -2.23. The summed E-state index contributed by atoms with van der Waals surface area (Å²) in [7, 11) is 0. The Labute approximate surface area is 105 Å². The molecule has 0 aliphatic carbocycles. The maximum atomic E-state index is 4.24. The van der Waals surface area contributed by atoms with Crippen LogP contribution < -0.4 is 5.32 Å². The molecule has 0 radical (unpaired) electrons. The molecule has 0 bridgehead atoms. The van der Waals surface area contributed by atoms with Crippen molar-refractivity contribution in [2.45, 2.75) is 46.1 Å². The van der Waals surface area contributed by atoms with Gasteiger partial charge in [0.2, 0.25) is 0 Å². The van der Waals surface area contributed by atoms with Gasteiger partial charge in [0.15, 0.2) is 0 Å². The van der Waals surface area contributed by atoms with Gasteiger partial charge in [0.25, 0.3) is 0 Å². The summed E-state index contributed by atoms with van der Waals surface area (Å²) in [6.07, 6.45) is 7.16. The highest BCUT2D eigenvalue weighted by molar-refractivity contribution is 5.25. The van der Waals surface area contributed by atoms with E-state index in [2.05, 4.69) is 43.7 Å². The molecule has 1 aromatic rings. The summed E-state index contributed by atoms with van der Waals surface area (Å²) in [5, 5.41) is 3.60. The normalized spacial score (nSPS) is 12.4. The van der Waals surface area contributed by atoms with E-state index in [0.29, 0.717) is 6.04 Å². The molecule has 1 heterocycles. The van der Waals surface area contributed by atoms with Crippen molar-refractivity contribution in [1.82, 2.24) is 10.3 Å². The topological polar surface area (TPSA) is 24.9 Å². The van der Waals surface area contributed by atoms with Crippen molar-refractivity contribution in [2.24, 2.45) is 0 Å². The molecule has 0 aromatic carbocycles. The molecule has 1 rings (SSSR count). The van der Waals surface area contributed by atoms with Gasteiger partial charge in [0.05, 0.1) is 0 Å². The van der Waals surface area contributed by atoms with Crippen LogP contribution in [0.2, 0.25) is 0 Å². The summed E-state index contributed by atoms with van der Waals surface area (Å²) in [5.74, 6) is 0. The lowest BCUT2D eigenvalue weighted by molar-refractivity contribution is 0.495. The summed E-state index contributed by atoms with van der Waals surface area (Å²) in [6, 6.07) is 2.48. The minimum atomic E-state index is 0.403. The largest absolute Gasteiger partial charge is 0.310 e.